The van der Waals surface area contributed by atoms with Crippen LogP contribution in [0.1, 0.15) is 25.3 Å². The highest BCUT2D eigenvalue weighted by atomic mass is 16.6. The second kappa shape index (κ2) is 7.07. The van der Waals surface area contributed by atoms with Crippen molar-refractivity contribution in [3.63, 3.8) is 0 Å². The molecule has 23 heavy (non-hydrogen) atoms. The molecule has 2 atom stereocenters. The molecule has 8 heteroatoms. The molecule has 1 aliphatic heterocycles. The molecule has 8 nitrogen and oxygen atoms in total. The minimum atomic E-state index is -0.524. The first-order chi connectivity index (χ1) is 11.0. The third kappa shape index (κ3) is 3.76. The van der Waals surface area contributed by atoms with E-state index in [-0.39, 0.29) is 23.2 Å². The van der Waals surface area contributed by atoms with Crippen molar-refractivity contribution < 1.29 is 9.72 Å². The average molecular weight is 317 g/mol. The summed E-state index contributed by atoms with van der Waals surface area (Å²) in [6, 6.07) is 5.68. The Hall–Kier alpha value is -2.66. The molecule has 2 rings (SSSR count). The van der Waals surface area contributed by atoms with Crippen LogP contribution >= 0.6 is 0 Å². The minimum Gasteiger partial charge on any atom is -0.368 e. The van der Waals surface area contributed by atoms with E-state index in [1.54, 1.807) is 6.07 Å². The second-order valence-electron chi connectivity index (χ2n) is 5.53. The molecule has 1 fully saturated rings. The van der Waals surface area contributed by atoms with Gasteiger partial charge in [0.1, 0.15) is 6.07 Å². The first-order valence-electron chi connectivity index (χ1n) is 7.45. The lowest BCUT2D eigenvalue weighted by Gasteiger charge is -2.20. The van der Waals surface area contributed by atoms with Crippen LogP contribution in [-0.4, -0.2) is 36.0 Å². The summed E-state index contributed by atoms with van der Waals surface area (Å²) in [5, 5.41) is 22.9. The SMILES string of the molecule is CC[C@H](N)C(=O)N[C@H]1CCN(c2ccc([N+](=O)[O-])cc2C#N)C1. The molecule has 0 unspecified atom stereocenters. The van der Waals surface area contributed by atoms with Crippen molar-refractivity contribution in [1.82, 2.24) is 5.32 Å². The van der Waals surface area contributed by atoms with E-state index in [4.69, 9.17) is 5.73 Å². The summed E-state index contributed by atoms with van der Waals surface area (Å²) in [6.07, 6.45) is 1.31. The van der Waals surface area contributed by atoms with Gasteiger partial charge in [-0.2, -0.15) is 5.26 Å². The second-order valence-corrected chi connectivity index (χ2v) is 5.53. The number of benzene rings is 1. The normalized spacial score (nSPS) is 18.3. The predicted octanol–water partition coefficient (Wildman–Crippen LogP) is 0.899. The van der Waals surface area contributed by atoms with Gasteiger partial charge in [-0.15, -0.1) is 0 Å². The number of hydrogen-bond donors (Lipinski definition) is 2. The molecule has 0 radical (unpaired) electrons. The number of amides is 1. The van der Waals surface area contributed by atoms with Gasteiger partial charge in [0.25, 0.3) is 5.69 Å². The smallest absolute Gasteiger partial charge is 0.270 e. The molecule has 0 aliphatic carbocycles. The van der Waals surface area contributed by atoms with Gasteiger partial charge < -0.3 is 16.0 Å². The summed E-state index contributed by atoms with van der Waals surface area (Å²) in [4.78, 5) is 24.0. The third-order valence-electron chi connectivity index (χ3n) is 3.96. The average Bonchev–Trinajstić information content (AvgIpc) is 3.01. The topological polar surface area (TPSA) is 125 Å². The Bertz CT molecular complexity index is 655. The van der Waals surface area contributed by atoms with Crippen LogP contribution in [0.4, 0.5) is 11.4 Å². The van der Waals surface area contributed by atoms with Crippen molar-refractivity contribution in [3.05, 3.63) is 33.9 Å². The lowest BCUT2D eigenvalue weighted by molar-refractivity contribution is -0.384. The maximum Gasteiger partial charge on any atom is 0.270 e. The zero-order valence-corrected chi connectivity index (χ0v) is 12.9. The maximum atomic E-state index is 11.8. The monoisotopic (exact) mass is 317 g/mol. The van der Waals surface area contributed by atoms with E-state index in [9.17, 15) is 20.2 Å². The van der Waals surface area contributed by atoms with Crippen molar-refractivity contribution >= 4 is 17.3 Å². The van der Waals surface area contributed by atoms with Gasteiger partial charge in [0.05, 0.1) is 22.2 Å². The van der Waals surface area contributed by atoms with Gasteiger partial charge >= 0.3 is 0 Å². The fraction of sp³-hybridized carbons (Fsp3) is 0.467. The first-order valence-corrected chi connectivity index (χ1v) is 7.45. The van der Waals surface area contributed by atoms with Crippen molar-refractivity contribution in [2.24, 2.45) is 5.73 Å². The Balaban J connectivity index is 2.09. The molecule has 1 amide bonds. The highest BCUT2D eigenvalue weighted by Gasteiger charge is 2.27. The van der Waals surface area contributed by atoms with Crippen LogP contribution in [0.25, 0.3) is 0 Å². The summed E-state index contributed by atoms with van der Waals surface area (Å²) in [5.74, 6) is -0.177. The number of nitrogens with zero attached hydrogens (tertiary/aromatic N) is 3. The number of non-ortho nitro benzene ring substituents is 1. The largest absolute Gasteiger partial charge is 0.368 e. The van der Waals surface area contributed by atoms with E-state index < -0.39 is 11.0 Å². The van der Waals surface area contributed by atoms with Crippen LogP contribution in [0.3, 0.4) is 0 Å². The Labute approximate surface area is 134 Å². The van der Waals surface area contributed by atoms with Crippen LogP contribution in [0, 0.1) is 21.4 Å². The number of anilines is 1. The van der Waals surface area contributed by atoms with Crippen molar-refractivity contribution in [2.75, 3.05) is 18.0 Å². The number of nitriles is 1. The maximum absolute atomic E-state index is 11.8. The number of hydrogen-bond acceptors (Lipinski definition) is 6. The van der Waals surface area contributed by atoms with Crippen LogP contribution in [0.5, 0.6) is 0 Å². The fourth-order valence-electron chi connectivity index (χ4n) is 2.59. The molecular formula is C15H19N5O3. The van der Waals surface area contributed by atoms with Crippen molar-refractivity contribution in [2.45, 2.75) is 31.8 Å². The lowest BCUT2D eigenvalue weighted by Crippen LogP contribution is -2.46. The lowest BCUT2D eigenvalue weighted by atomic mass is 10.1. The van der Waals surface area contributed by atoms with Crippen molar-refractivity contribution in [3.8, 4) is 6.07 Å². The molecule has 1 aromatic carbocycles. The molecule has 0 aromatic heterocycles. The van der Waals surface area contributed by atoms with Crippen LogP contribution in [-0.2, 0) is 4.79 Å². The molecule has 122 valence electrons. The van der Waals surface area contributed by atoms with Crippen molar-refractivity contribution in [1.29, 1.82) is 5.26 Å². The summed E-state index contributed by atoms with van der Waals surface area (Å²) in [6.45, 7) is 3.06. The Morgan fingerprint density at radius 1 is 1.65 bits per heavy atom. The highest BCUT2D eigenvalue weighted by molar-refractivity contribution is 5.81. The van der Waals surface area contributed by atoms with E-state index >= 15 is 0 Å². The number of carbonyl (C=O) groups is 1. The number of carbonyl (C=O) groups excluding carboxylic acids is 1. The van der Waals surface area contributed by atoms with Gasteiger partial charge in [0.15, 0.2) is 0 Å². The van der Waals surface area contributed by atoms with Gasteiger partial charge in [0, 0.05) is 31.3 Å². The number of nitrogens with one attached hydrogen (secondary N) is 1. The number of rotatable bonds is 5. The van der Waals surface area contributed by atoms with E-state index in [2.05, 4.69) is 5.32 Å². The molecule has 1 heterocycles. The third-order valence-corrected chi connectivity index (χ3v) is 3.96. The van der Waals surface area contributed by atoms with Gasteiger partial charge in [-0.05, 0) is 18.9 Å². The van der Waals surface area contributed by atoms with E-state index in [1.165, 1.54) is 12.1 Å². The Kier molecular flexibility index (Phi) is 5.13. The van der Waals surface area contributed by atoms with E-state index in [0.717, 1.165) is 6.42 Å². The minimum absolute atomic E-state index is 0.0400. The van der Waals surface area contributed by atoms with Gasteiger partial charge in [-0.25, -0.2) is 0 Å². The van der Waals surface area contributed by atoms with E-state index in [1.807, 2.05) is 17.9 Å². The molecule has 1 aromatic rings. The van der Waals surface area contributed by atoms with Gasteiger partial charge in [0.2, 0.25) is 5.91 Å². The summed E-state index contributed by atoms with van der Waals surface area (Å²) < 4.78 is 0. The molecule has 1 saturated heterocycles. The van der Waals surface area contributed by atoms with Gasteiger partial charge in [-0.3, -0.25) is 14.9 Å². The molecule has 1 aliphatic rings. The molecule has 0 saturated carbocycles. The molecule has 0 spiro atoms. The summed E-state index contributed by atoms with van der Waals surface area (Å²) in [5.41, 5.74) is 6.50. The number of nitro groups is 1. The van der Waals surface area contributed by atoms with Crippen LogP contribution < -0.4 is 16.0 Å². The summed E-state index contributed by atoms with van der Waals surface area (Å²) >= 11 is 0. The van der Waals surface area contributed by atoms with Gasteiger partial charge in [-0.1, -0.05) is 6.92 Å². The standard InChI is InChI=1S/C15H19N5O3/c1-2-13(17)15(21)18-11-5-6-19(9-11)14-4-3-12(20(22)23)7-10(14)8-16/h3-4,7,11,13H,2,5-6,9,17H2,1H3,(H,18,21)/t11-,13-/m0/s1. The zero-order valence-electron chi connectivity index (χ0n) is 12.9. The zero-order chi connectivity index (χ0) is 17.0. The Morgan fingerprint density at radius 3 is 3.00 bits per heavy atom. The molecule has 0 bridgehead atoms. The quantitative estimate of drug-likeness (QED) is 0.614. The van der Waals surface area contributed by atoms with Crippen LogP contribution in [0.15, 0.2) is 18.2 Å². The number of nitrogens with two attached hydrogens (primary N) is 1. The highest BCUT2D eigenvalue weighted by Crippen LogP contribution is 2.27. The molecular weight excluding hydrogens is 298 g/mol. The fourth-order valence-corrected chi connectivity index (χ4v) is 2.59. The Morgan fingerprint density at radius 2 is 2.39 bits per heavy atom. The summed E-state index contributed by atoms with van der Waals surface area (Å²) in [7, 11) is 0. The molecule has 3 N–H and O–H groups in total. The number of nitro benzene ring substituents is 1. The van der Waals surface area contributed by atoms with Crippen LogP contribution in [0.2, 0.25) is 0 Å². The first kappa shape index (κ1) is 16.7. The van der Waals surface area contributed by atoms with E-state index in [0.29, 0.717) is 25.2 Å². The predicted molar refractivity (Wildman–Crippen MR) is 84.8 cm³/mol.